The van der Waals surface area contributed by atoms with E-state index >= 15 is 0 Å². The minimum Gasteiger partial charge on any atom is -0.473 e. The predicted octanol–water partition coefficient (Wildman–Crippen LogP) is 2.96. The van der Waals surface area contributed by atoms with Crippen LogP contribution < -0.4 is 4.74 Å². The quantitative estimate of drug-likeness (QED) is 0.620. The van der Waals surface area contributed by atoms with Crippen molar-refractivity contribution in [1.29, 1.82) is 0 Å². The summed E-state index contributed by atoms with van der Waals surface area (Å²) in [5, 5.41) is 14.8. The first kappa shape index (κ1) is 25.6. The second-order valence-corrected chi connectivity index (χ2v) is 11.5. The van der Waals surface area contributed by atoms with Crippen molar-refractivity contribution in [3.8, 4) is 5.88 Å². The lowest BCUT2D eigenvalue weighted by Crippen LogP contribution is -2.51. The highest BCUT2D eigenvalue weighted by molar-refractivity contribution is 6.31. The highest BCUT2D eigenvalue weighted by atomic mass is 35.5. The maximum absolute atomic E-state index is 14.1. The minimum absolute atomic E-state index is 0.00314. The minimum atomic E-state index is -1.46. The molecule has 1 spiro atoms. The Morgan fingerprint density at radius 1 is 1.21 bits per heavy atom. The van der Waals surface area contributed by atoms with Crippen molar-refractivity contribution < 1.29 is 23.8 Å². The summed E-state index contributed by atoms with van der Waals surface area (Å²) in [6.07, 6.45) is 6.02. The summed E-state index contributed by atoms with van der Waals surface area (Å²) in [6.45, 7) is 0.824. The van der Waals surface area contributed by atoms with E-state index in [9.17, 15) is 19.1 Å². The van der Waals surface area contributed by atoms with E-state index in [1.54, 1.807) is 23.0 Å². The van der Waals surface area contributed by atoms with Crippen LogP contribution >= 0.6 is 11.6 Å². The molecule has 6 rings (SSSR count). The summed E-state index contributed by atoms with van der Waals surface area (Å²) in [5.74, 6) is 0.114. The van der Waals surface area contributed by atoms with E-state index in [0.29, 0.717) is 36.1 Å². The number of hydrogen-bond donors (Lipinski definition) is 1. The summed E-state index contributed by atoms with van der Waals surface area (Å²) in [7, 11) is 0. The summed E-state index contributed by atoms with van der Waals surface area (Å²) >= 11 is 6.23. The van der Waals surface area contributed by atoms with Crippen molar-refractivity contribution in [2.24, 2.45) is 0 Å². The number of rotatable bonds is 5. The molecule has 1 N–H and O–H groups in total. The lowest BCUT2D eigenvalue weighted by atomic mass is 9.94. The first-order valence-corrected chi connectivity index (χ1v) is 14.0. The first-order chi connectivity index (χ1) is 18.3. The van der Waals surface area contributed by atoms with Gasteiger partial charge in [-0.3, -0.25) is 14.3 Å². The summed E-state index contributed by atoms with van der Waals surface area (Å²) in [4.78, 5) is 34.6. The number of carbonyl (C=O) groups is 2. The molecule has 0 aromatic carbocycles. The van der Waals surface area contributed by atoms with Gasteiger partial charge in [-0.2, -0.15) is 5.10 Å². The Balaban J connectivity index is 1.16. The van der Waals surface area contributed by atoms with Crippen molar-refractivity contribution in [3.63, 3.8) is 0 Å². The molecule has 4 aliphatic rings. The summed E-state index contributed by atoms with van der Waals surface area (Å²) < 4.78 is 21.9. The van der Waals surface area contributed by atoms with Crippen molar-refractivity contribution in [3.05, 3.63) is 40.3 Å². The van der Waals surface area contributed by atoms with Gasteiger partial charge in [0.1, 0.15) is 23.8 Å². The third kappa shape index (κ3) is 4.77. The molecule has 3 atom stereocenters. The van der Waals surface area contributed by atoms with Crippen molar-refractivity contribution >= 4 is 23.4 Å². The summed E-state index contributed by atoms with van der Waals surface area (Å²) in [6, 6.07) is 3.52. The molecule has 2 aromatic rings. The number of carbonyl (C=O) groups excluding carboxylic acids is 2. The van der Waals surface area contributed by atoms with Gasteiger partial charge in [0.05, 0.1) is 12.6 Å². The van der Waals surface area contributed by atoms with Crippen molar-refractivity contribution in [1.82, 2.24) is 24.6 Å². The Kier molecular flexibility index (Phi) is 6.80. The molecule has 4 heterocycles. The van der Waals surface area contributed by atoms with Crippen molar-refractivity contribution in [2.75, 3.05) is 19.6 Å². The van der Waals surface area contributed by atoms with E-state index in [1.165, 1.54) is 4.90 Å². The van der Waals surface area contributed by atoms with Crippen LogP contribution in [-0.4, -0.2) is 85.0 Å². The van der Waals surface area contributed by atoms with Gasteiger partial charge in [0, 0.05) is 48.9 Å². The average molecular weight is 546 g/mol. The van der Waals surface area contributed by atoms with Crippen molar-refractivity contribution in [2.45, 2.75) is 88.3 Å². The highest BCUT2D eigenvalue weighted by Crippen LogP contribution is 2.49. The van der Waals surface area contributed by atoms with Crippen LogP contribution in [0.2, 0.25) is 5.02 Å². The molecule has 2 aromatic heterocycles. The number of nitrogens with zero attached hydrogens (tertiary/aromatic N) is 5. The molecule has 0 bridgehead atoms. The lowest BCUT2D eigenvalue weighted by molar-refractivity contribution is -0.138. The van der Waals surface area contributed by atoms with Crippen LogP contribution in [0, 0.1) is 0 Å². The van der Waals surface area contributed by atoms with Gasteiger partial charge < -0.3 is 19.6 Å². The monoisotopic (exact) mass is 545 g/mol. The van der Waals surface area contributed by atoms with Crippen LogP contribution in [0.3, 0.4) is 0 Å². The molecule has 204 valence electrons. The number of aliphatic hydroxyl groups excluding tert-OH is 1. The second-order valence-electron chi connectivity index (χ2n) is 11.1. The lowest BCUT2D eigenvalue weighted by Gasteiger charge is -2.40. The number of pyridine rings is 1. The maximum atomic E-state index is 14.1. The zero-order chi connectivity index (χ0) is 26.4. The topological polar surface area (TPSA) is 101 Å². The summed E-state index contributed by atoms with van der Waals surface area (Å²) in [5.41, 5.74) is 1.94. The molecule has 2 amide bonds. The van der Waals surface area contributed by atoms with Gasteiger partial charge in [0.25, 0.3) is 5.91 Å². The van der Waals surface area contributed by atoms with Crippen LogP contribution in [-0.2, 0) is 24.2 Å². The normalized spacial score (nSPS) is 26.2. The van der Waals surface area contributed by atoms with E-state index in [1.807, 2.05) is 4.90 Å². The predicted molar refractivity (Wildman–Crippen MR) is 137 cm³/mol. The van der Waals surface area contributed by atoms with E-state index < -0.39 is 12.3 Å². The van der Waals surface area contributed by atoms with Gasteiger partial charge in [0.2, 0.25) is 11.8 Å². The smallest absolute Gasteiger partial charge is 0.274 e. The van der Waals surface area contributed by atoms with Gasteiger partial charge in [-0.05, 0) is 57.1 Å². The molecule has 2 aliphatic heterocycles. The Morgan fingerprint density at radius 2 is 2.03 bits per heavy atom. The van der Waals surface area contributed by atoms with Crippen LogP contribution in [0.5, 0.6) is 5.88 Å². The number of likely N-dealkylation sites (tertiary alicyclic amines) is 2. The molecular formula is C27H33ClFN5O4. The number of alkyl halides is 1. The number of aromatic nitrogens is 3. The van der Waals surface area contributed by atoms with Gasteiger partial charge >= 0.3 is 0 Å². The molecule has 38 heavy (non-hydrogen) atoms. The van der Waals surface area contributed by atoms with Crippen LogP contribution in [0.1, 0.15) is 66.7 Å². The highest BCUT2D eigenvalue weighted by Gasteiger charge is 2.54. The van der Waals surface area contributed by atoms with E-state index in [4.69, 9.17) is 16.3 Å². The molecule has 0 radical (unpaired) electrons. The van der Waals surface area contributed by atoms with Gasteiger partial charge in [-0.25, -0.2) is 9.37 Å². The van der Waals surface area contributed by atoms with Crippen LogP contribution in [0.15, 0.2) is 18.3 Å². The molecule has 2 aliphatic carbocycles. The average Bonchev–Trinajstić information content (AvgIpc) is 3.57. The zero-order valence-electron chi connectivity index (χ0n) is 21.3. The number of aliphatic hydroxyl groups is 1. The largest absolute Gasteiger partial charge is 0.473 e. The van der Waals surface area contributed by atoms with Gasteiger partial charge in [0.15, 0.2) is 5.69 Å². The Bertz CT molecular complexity index is 1230. The van der Waals surface area contributed by atoms with Gasteiger partial charge in [-0.15, -0.1) is 0 Å². The Morgan fingerprint density at radius 3 is 2.79 bits per heavy atom. The van der Waals surface area contributed by atoms with Gasteiger partial charge in [-0.1, -0.05) is 11.6 Å². The zero-order valence-corrected chi connectivity index (χ0v) is 22.1. The fraction of sp³-hybridized carbons (Fsp3) is 0.630. The molecule has 3 fully saturated rings. The molecule has 0 unspecified atom stereocenters. The Hall–Kier alpha value is -2.72. The molecule has 9 nitrogen and oxygen atoms in total. The number of amides is 2. The van der Waals surface area contributed by atoms with E-state index in [0.717, 1.165) is 56.2 Å². The first-order valence-electron chi connectivity index (χ1n) is 13.6. The third-order valence-corrected chi connectivity index (χ3v) is 8.81. The molecule has 1 saturated carbocycles. The van der Waals surface area contributed by atoms with E-state index in [2.05, 4.69) is 10.1 Å². The van der Waals surface area contributed by atoms with Crippen LogP contribution in [0.4, 0.5) is 4.39 Å². The van der Waals surface area contributed by atoms with E-state index in [-0.39, 0.29) is 43.0 Å². The SMILES string of the molecule is O=C(c1nn(CC(=O)N2CC[C@H](Oc3ncccc3Cl)CC23CC3)c2c1CCCC2)N1CC[C@@H](O)[C@@H](F)C1. The molecule has 2 saturated heterocycles. The fourth-order valence-electron chi connectivity index (χ4n) is 6.28. The number of ether oxygens (including phenoxy) is 1. The standard InChI is InChI=1S/C27H33ClFN5O4/c28-19-5-3-11-30-25(19)38-17-7-13-33(27(14-17)9-10-27)23(36)16-34-21-6-2-1-4-18(21)24(31-34)26(37)32-12-8-22(35)20(29)15-32/h3,5,11,17,20,22,35H,1-2,4,6-10,12-16H2/t17-,20-,22+/m0/s1. The van der Waals surface area contributed by atoms with Crippen LogP contribution in [0.25, 0.3) is 0 Å². The number of halogens is 2. The fourth-order valence-corrected chi connectivity index (χ4v) is 6.45. The maximum Gasteiger partial charge on any atom is 0.274 e. The Labute approximate surface area is 225 Å². The third-order valence-electron chi connectivity index (χ3n) is 8.52. The number of hydrogen-bond acceptors (Lipinski definition) is 6. The number of fused-ring (bicyclic) bond motifs is 1. The molecule has 11 heteroatoms. The molecular weight excluding hydrogens is 513 g/mol. The second kappa shape index (κ2) is 10.1. The number of piperidine rings is 2.